The lowest BCUT2D eigenvalue weighted by molar-refractivity contribution is 0.425. The van der Waals surface area contributed by atoms with E-state index in [9.17, 15) is 8.42 Å². The Bertz CT molecular complexity index is 871. The Morgan fingerprint density at radius 1 is 1.00 bits per heavy atom. The van der Waals surface area contributed by atoms with Crippen molar-refractivity contribution in [3.05, 3.63) is 78.0 Å². The molecule has 3 rings (SSSR count). The molecule has 0 aliphatic heterocycles. The molecule has 1 atom stereocenters. The standard InChI is InChI=1S/C18H17NO3S/c1-14(15-8-4-2-5-9-15)23(20,21)13-17-12-18(22-19-17)16-10-6-3-7-11-16/h2-12,14H,13H2,1H3. The Morgan fingerprint density at radius 3 is 2.26 bits per heavy atom. The first kappa shape index (κ1) is 15.5. The summed E-state index contributed by atoms with van der Waals surface area (Å²) < 4.78 is 30.4. The van der Waals surface area contributed by atoms with E-state index < -0.39 is 15.1 Å². The average Bonchev–Trinajstić information content (AvgIpc) is 3.03. The molecule has 23 heavy (non-hydrogen) atoms. The number of hydrogen-bond acceptors (Lipinski definition) is 4. The fourth-order valence-corrected chi connectivity index (χ4v) is 3.75. The lowest BCUT2D eigenvalue weighted by Crippen LogP contribution is -2.13. The van der Waals surface area contributed by atoms with E-state index in [1.807, 2.05) is 60.7 Å². The number of nitrogens with zero attached hydrogens (tertiary/aromatic N) is 1. The largest absolute Gasteiger partial charge is 0.356 e. The third kappa shape index (κ3) is 3.51. The lowest BCUT2D eigenvalue weighted by Gasteiger charge is -2.11. The zero-order valence-corrected chi connectivity index (χ0v) is 13.5. The minimum atomic E-state index is -3.36. The molecule has 0 saturated heterocycles. The Kier molecular flexibility index (Phi) is 4.30. The van der Waals surface area contributed by atoms with Gasteiger partial charge in [0.2, 0.25) is 0 Å². The Hall–Kier alpha value is -2.40. The van der Waals surface area contributed by atoms with Crippen LogP contribution in [0.5, 0.6) is 0 Å². The summed E-state index contributed by atoms with van der Waals surface area (Å²) in [6.45, 7) is 1.70. The van der Waals surface area contributed by atoms with Crippen LogP contribution >= 0.6 is 0 Å². The molecule has 1 heterocycles. The van der Waals surface area contributed by atoms with Gasteiger partial charge in [0.25, 0.3) is 0 Å². The van der Waals surface area contributed by atoms with Gasteiger partial charge in [-0.3, -0.25) is 0 Å². The lowest BCUT2D eigenvalue weighted by atomic mass is 10.2. The normalized spacial score (nSPS) is 12.9. The number of hydrogen-bond donors (Lipinski definition) is 0. The minimum Gasteiger partial charge on any atom is -0.356 e. The fourth-order valence-electron chi connectivity index (χ4n) is 2.38. The SMILES string of the molecule is CC(c1ccccc1)S(=O)(=O)Cc1cc(-c2ccccc2)on1. The monoisotopic (exact) mass is 327 g/mol. The molecule has 0 N–H and O–H groups in total. The molecule has 0 aliphatic carbocycles. The van der Waals surface area contributed by atoms with Crippen LogP contribution in [0.4, 0.5) is 0 Å². The second kappa shape index (κ2) is 6.38. The molecule has 0 amide bonds. The third-order valence-electron chi connectivity index (χ3n) is 3.77. The molecule has 4 nitrogen and oxygen atoms in total. The van der Waals surface area contributed by atoms with Gasteiger partial charge in [-0.25, -0.2) is 8.42 Å². The van der Waals surface area contributed by atoms with Crippen LogP contribution in [0.25, 0.3) is 11.3 Å². The summed E-state index contributed by atoms with van der Waals surface area (Å²) in [6, 6.07) is 20.4. The van der Waals surface area contributed by atoms with Gasteiger partial charge >= 0.3 is 0 Å². The maximum absolute atomic E-state index is 12.6. The molecule has 0 spiro atoms. The van der Waals surface area contributed by atoms with Crippen LogP contribution in [-0.4, -0.2) is 13.6 Å². The van der Waals surface area contributed by atoms with E-state index in [0.29, 0.717) is 11.5 Å². The summed E-state index contributed by atoms with van der Waals surface area (Å²) in [6.07, 6.45) is 0. The van der Waals surface area contributed by atoms with Crippen LogP contribution in [0, 0.1) is 0 Å². The van der Waals surface area contributed by atoms with Gasteiger partial charge in [0.05, 0.1) is 16.7 Å². The molecule has 5 heteroatoms. The van der Waals surface area contributed by atoms with Crippen molar-refractivity contribution in [3.8, 4) is 11.3 Å². The summed E-state index contributed by atoms with van der Waals surface area (Å²) in [4.78, 5) is 0. The minimum absolute atomic E-state index is 0.139. The number of aromatic nitrogens is 1. The second-order valence-corrected chi connectivity index (χ2v) is 7.73. The van der Waals surface area contributed by atoms with Crippen molar-refractivity contribution in [3.63, 3.8) is 0 Å². The van der Waals surface area contributed by atoms with E-state index >= 15 is 0 Å². The van der Waals surface area contributed by atoms with Gasteiger partial charge in [-0.05, 0) is 12.5 Å². The van der Waals surface area contributed by atoms with Gasteiger partial charge in [0, 0.05) is 11.6 Å². The van der Waals surface area contributed by atoms with Gasteiger partial charge in [-0.2, -0.15) is 0 Å². The first-order chi connectivity index (χ1) is 11.1. The maximum Gasteiger partial charge on any atom is 0.167 e. The van der Waals surface area contributed by atoms with Crippen molar-refractivity contribution in [2.75, 3.05) is 0 Å². The third-order valence-corrected chi connectivity index (χ3v) is 5.82. The van der Waals surface area contributed by atoms with Crippen LogP contribution in [-0.2, 0) is 15.6 Å². The van der Waals surface area contributed by atoms with Crippen LogP contribution in [0.1, 0.15) is 23.4 Å². The van der Waals surface area contributed by atoms with Crippen molar-refractivity contribution >= 4 is 9.84 Å². The summed E-state index contributed by atoms with van der Waals surface area (Å²) in [5, 5.41) is 3.32. The highest BCUT2D eigenvalue weighted by molar-refractivity contribution is 7.90. The molecule has 118 valence electrons. The molecular formula is C18H17NO3S. The summed E-state index contributed by atoms with van der Waals surface area (Å²) in [5.41, 5.74) is 2.07. The number of benzene rings is 2. The first-order valence-electron chi connectivity index (χ1n) is 7.34. The van der Waals surface area contributed by atoms with Gasteiger partial charge in [0.1, 0.15) is 0 Å². The van der Waals surface area contributed by atoms with Crippen LogP contribution < -0.4 is 0 Å². The van der Waals surface area contributed by atoms with Crippen LogP contribution in [0.3, 0.4) is 0 Å². The van der Waals surface area contributed by atoms with E-state index in [1.165, 1.54) is 0 Å². The predicted molar refractivity (Wildman–Crippen MR) is 89.4 cm³/mol. The van der Waals surface area contributed by atoms with Gasteiger partial charge in [0.15, 0.2) is 15.6 Å². The molecule has 0 saturated carbocycles. The van der Waals surface area contributed by atoms with Gasteiger partial charge in [-0.1, -0.05) is 65.8 Å². The predicted octanol–water partition coefficient (Wildman–Crippen LogP) is 4.02. The zero-order chi connectivity index (χ0) is 16.3. The maximum atomic E-state index is 12.6. The molecule has 0 radical (unpaired) electrons. The Balaban J connectivity index is 1.80. The van der Waals surface area contributed by atoms with Crippen molar-refractivity contribution < 1.29 is 12.9 Å². The summed E-state index contributed by atoms with van der Waals surface area (Å²) in [5.74, 6) is 0.433. The van der Waals surface area contributed by atoms with E-state index in [4.69, 9.17) is 4.52 Å². The second-order valence-electron chi connectivity index (χ2n) is 5.41. The molecule has 0 fully saturated rings. The van der Waals surface area contributed by atoms with Crippen molar-refractivity contribution in [1.82, 2.24) is 5.16 Å². The van der Waals surface area contributed by atoms with Crippen molar-refractivity contribution in [1.29, 1.82) is 0 Å². The van der Waals surface area contributed by atoms with E-state index in [1.54, 1.807) is 13.0 Å². The highest BCUT2D eigenvalue weighted by Crippen LogP contribution is 2.26. The summed E-state index contributed by atoms with van der Waals surface area (Å²) >= 11 is 0. The van der Waals surface area contributed by atoms with Crippen molar-refractivity contribution in [2.24, 2.45) is 0 Å². The number of sulfone groups is 1. The molecule has 0 bridgehead atoms. The van der Waals surface area contributed by atoms with Crippen molar-refractivity contribution in [2.45, 2.75) is 17.9 Å². The van der Waals surface area contributed by atoms with E-state index in [2.05, 4.69) is 5.16 Å². The van der Waals surface area contributed by atoms with E-state index in [-0.39, 0.29) is 5.75 Å². The first-order valence-corrected chi connectivity index (χ1v) is 9.05. The van der Waals surface area contributed by atoms with Gasteiger partial charge < -0.3 is 4.52 Å². The quantitative estimate of drug-likeness (QED) is 0.710. The fraction of sp³-hybridized carbons (Fsp3) is 0.167. The molecule has 0 aliphatic rings. The van der Waals surface area contributed by atoms with Crippen LogP contribution in [0.2, 0.25) is 0 Å². The van der Waals surface area contributed by atoms with Crippen LogP contribution in [0.15, 0.2) is 71.3 Å². The molecule has 3 aromatic rings. The highest BCUT2D eigenvalue weighted by atomic mass is 32.2. The highest BCUT2D eigenvalue weighted by Gasteiger charge is 2.24. The smallest absolute Gasteiger partial charge is 0.167 e. The van der Waals surface area contributed by atoms with E-state index in [0.717, 1.165) is 11.1 Å². The molecule has 2 aromatic carbocycles. The average molecular weight is 327 g/mol. The molecule has 1 unspecified atom stereocenters. The number of rotatable bonds is 5. The van der Waals surface area contributed by atoms with Gasteiger partial charge in [-0.15, -0.1) is 0 Å². The summed E-state index contributed by atoms with van der Waals surface area (Å²) in [7, 11) is -3.36. The Morgan fingerprint density at radius 2 is 1.61 bits per heavy atom. The molecule has 1 aromatic heterocycles. The topological polar surface area (TPSA) is 60.2 Å². The Labute approximate surface area is 135 Å². The zero-order valence-electron chi connectivity index (χ0n) is 12.7. The molecular weight excluding hydrogens is 310 g/mol.